The van der Waals surface area contributed by atoms with E-state index in [4.69, 9.17) is 4.52 Å². The topological polar surface area (TPSA) is 46.3 Å². The number of halogens is 1. The molecule has 17 heavy (non-hydrogen) atoms. The van der Waals surface area contributed by atoms with Gasteiger partial charge in [-0.25, -0.2) is 4.39 Å². The third kappa shape index (κ3) is 1.63. The van der Waals surface area contributed by atoms with Gasteiger partial charge in [-0.15, -0.1) is 0 Å². The van der Waals surface area contributed by atoms with Crippen LogP contribution in [0, 0.1) is 5.82 Å². The highest BCUT2D eigenvalue weighted by atomic mass is 19.1. The monoisotopic (exact) mass is 229 g/mol. The summed E-state index contributed by atoms with van der Waals surface area (Å²) in [5.74, 6) is 0.237. The zero-order valence-electron chi connectivity index (χ0n) is 8.72. The minimum atomic E-state index is -0.345. The minimum Gasteiger partial charge on any atom is -0.508 e. The lowest BCUT2D eigenvalue weighted by Crippen LogP contribution is -1.77. The summed E-state index contributed by atoms with van der Waals surface area (Å²) in [6, 6.07) is 10.8. The first-order chi connectivity index (χ1) is 8.24. The van der Waals surface area contributed by atoms with Gasteiger partial charge in [-0.1, -0.05) is 17.3 Å². The number of nitrogens with zero attached hydrogens (tertiary/aromatic N) is 1. The molecule has 0 amide bonds. The van der Waals surface area contributed by atoms with Crippen molar-refractivity contribution in [3.05, 3.63) is 48.3 Å². The molecule has 1 N–H and O–H groups in total. The number of rotatable bonds is 1. The molecule has 4 heteroatoms. The summed E-state index contributed by atoms with van der Waals surface area (Å²) >= 11 is 0. The fraction of sp³-hybridized carbons (Fsp3) is 0. The van der Waals surface area contributed by atoms with Crippen molar-refractivity contribution in [2.45, 2.75) is 0 Å². The first-order valence-corrected chi connectivity index (χ1v) is 5.08. The minimum absolute atomic E-state index is 0.128. The molecule has 0 aliphatic carbocycles. The van der Waals surface area contributed by atoms with Gasteiger partial charge < -0.3 is 9.63 Å². The molecule has 0 saturated heterocycles. The fourth-order valence-corrected chi connectivity index (χ4v) is 1.77. The van der Waals surface area contributed by atoms with Crippen LogP contribution in [0.25, 0.3) is 22.2 Å². The molecule has 0 aliphatic rings. The summed E-state index contributed by atoms with van der Waals surface area (Å²) in [5, 5.41) is 13.8. The largest absolute Gasteiger partial charge is 0.508 e. The second kappa shape index (κ2) is 3.59. The third-order valence-electron chi connectivity index (χ3n) is 2.55. The van der Waals surface area contributed by atoms with Crippen molar-refractivity contribution in [1.82, 2.24) is 5.16 Å². The van der Waals surface area contributed by atoms with Crippen molar-refractivity contribution >= 4 is 10.9 Å². The van der Waals surface area contributed by atoms with Crippen molar-refractivity contribution in [2.24, 2.45) is 0 Å². The number of aromatic nitrogens is 1. The Morgan fingerprint density at radius 1 is 1.12 bits per heavy atom. The lowest BCUT2D eigenvalue weighted by molar-refractivity contribution is 0.440. The Labute approximate surface area is 96.1 Å². The molecule has 0 atom stereocenters. The van der Waals surface area contributed by atoms with Crippen LogP contribution in [0.1, 0.15) is 0 Å². The van der Waals surface area contributed by atoms with Crippen molar-refractivity contribution in [2.75, 3.05) is 0 Å². The summed E-state index contributed by atoms with van der Waals surface area (Å²) in [5.41, 5.74) is 1.25. The van der Waals surface area contributed by atoms with E-state index in [-0.39, 0.29) is 11.6 Å². The number of hydrogen-bond acceptors (Lipinski definition) is 3. The van der Waals surface area contributed by atoms with E-state index in [1.165, 1.54) is 12.1 Å². The molecule has 0 radical (unpaired) electrons. The molecule has 0 saturated carbocycles. The Kier molecular flexibility index (Phi) is 2.08. The summed E-state index contributed by atoms with van der Waals surface area (Å²) in [6.07, 6.45) is 0. The van der Waals surface area contributed by atoms with Crippen LogP contribution in [0.3, 0.4) is 0 Å². The van der Waals surface area contributed by atoms with E-state index in [1.54, 1.807) is 30.3 Å². The summed E-state index contributed by atoms with van der Waals surface area (Å²) in [7, 11) is 0. The van der Waals surface area contributed by atoms with Crippen molar-refractivity contribution < 1.29 is 14.0 Å². The molecule has 0 bridgehead atoms. The maximum atomic E-state index is 13.2. The molecule has 84 valence electrons. The Bertz CT molecular complexity index is 691. The standard InChI is InChI=1S/C13H8FNO2/c14-9-4-5-12-11(7-9)13(17-15-12)8-2-1-3-10(16)6-8/h1-7,16H. The highest BCUT2D eigenvalue weighted by Crippen LogP contribution is 2.30. The molecule has 0 aliphatic heterocycles. The van der Waals surface area contributed by atoms with Crippen LogP contribution in [0.2, 0.25) is 0 Å². The zero-order valence-corrected chi connectivity index (χ0v) is 8.72. The number of hydrogen-bond donors (Lipinski definition) is 1. The van der Waals surface area contributed by atoms with Gasteiger partial charge in [0.05, 0.1) is 5.39 Å². The highest BCUT2D eigenvalue weighted by molar-refractivity contribution is 5.91. The van der Waals surface area contributed by atoms with Gasteiger partial charge in [-0.3, -0.25) is 0 Å². The van der Waals surface area contributed by atoms with Crippen LogP contribution in [0.5, 0.6) is 5.75 Å². The van der Waals surface area contributed by atoms with Crippen LogP contribution in [-0.4, -0.2) is 10.3 Å². The third-order valence-corrected chi connectivity index (χ3v) is 2.55. The molecule has 3 nitrogen and oxygen atoms in total. The lowest BCUT2D eigenvalue weighted by Gasteiger charge is -1.97. The fourth-order valence-electron chi connectivity index (χ4n) is 1.77. The maximum Gasteiger partial charge on any atom is 0.174 e. The SMILES string of the molecule is Oc1cccc(-c2onc3ccc(F)cc23)c1. The summed E-state index contributed by atoms with van der Waals surface area (Å²) in [4.78, 5) is 0. The van der Waals surface area contributed by atoms with Crippen molar-refractivity contribution in [3.8, 4) is 17.1 Å². The van der Waals surface area contributed by atoms with Gasteiger partial charge in [-0.2, -0.15) is 0 Å². The van der Waals surface area contributed by atoms with E-state index < -0.39 is 0 Å². The van der Waals surface area contributed by atoms with Crippen LogP contribution in [-0.2, 0) is 0 Å². The Morgan fingerprint density at radius 3 is 2.82 bits per heavy atom. The molecule has 1 aromatic heterocycles. The molecule has 1 heterocycles. The Morgan fingerprint density at radius 2 is 2.00 bits per heavy atom. The number of fused-ring (bicyclic) bond motifs is 1. The van der Waals surface area contributed by atoms with E-state index in [0.717, 1.165) is 0 Å². The number of phenols is 1. The van der Waals surface area contributed by atoms with Crippen LogP contribution in [0.4, 0.5) is 4.39 Å². The van der Waals surface area contributed by atoms with Crippen molar-refractivity contribution in [3.63, 3.8) is 0 Å². The van der Waals surface area contributed by atoms with E-state index in [1.807, 2.05) is 0 Å². The van der Waals surface area contributed by atoms with E-state index >= 15 is 0 Å². The van der Waals surface area contributed by atoms with Crippen molar-refractivity contribution in [1.29, 1.82) is 0 Å². The molecular formula is C13H8FNO2. The van der Waals surface area contributed by atoms with Gasteiger partial charge in [-0.05, 0) is 30.3 Å². The molecule has 3 rings (SSSR count). The smallest absolute Gasteiger partial charge is 0.174 e. The normalized spacial score (nSPS) is 10.9. The molecule has 0 fully saturated rings. The second-order valence-corrected chi connectivity index (χ2v) is 3.72. The highest BCUT2D eigenvalue weighted by Gasteiger charge is 2.11. The Balaban J connectivity index is 2.27. The van der Waals surface area contributed by atoms with E-state index in [9.17, 15) is 9.50 Å². The average Bonchev–Trinajstić information content (AvgIpc) is 2.71. The molecule has 3 aromatic rings. The molecule has 0 unspecified atom stereocenters. The van der Waals surface area contributed by atoms with E-state index in [2.05, 4.69) is 5.16 Å². The molecule has 2 aromatic carbocycles. The molecule has 0 spiro atoms. The number of benzene rings is 2. The number of phenolic OH excluding ortho intramolecular Hbond substituents is 1. The first-order valence-electron chi connectivity index (χ1n) is 5.08. The number of aromatic hydroxyl groups is 1. The van der Waals surface area contributed by atoms with Crippen LogP contribution >= 0.6 is 0 Å². The summed E-state index contributed by atoms with van der Waals surface area (Å²) < 4.78 is 18.4. The van der Waals surface area contributed by atoms with Crippen LogP contribution in [0.15, 0.2) is 47.0 Å². The van der Waals surface area contributed by atoms with Gasteiger partial charge >= 0.3 is 0 Å². The first kappa shape index (κ1) is 9.84. The predicted octanol–water partition coefficient (Wildman–Crippen LogP) is 3.34. The van der Waals surface area contributed by atoms with E-state index in [0.29, 0.717) is 22.2 Å². The maximum absolute atomic E-state index is 13.2. The predicted molar refractivity (Wildman–Crippen MR) is 61.1 cm³/mol. The van der Waals surface area contributed by atoms with Crippen LogP contribution < -0.4 is 0 Å². The van der Waals surface area contributed by atoms with Gasteiger partial charge in [0.25, 0.3) is 0 Å². The van der Waals surface area contributed by atoms with Gasteiger partial charge in [0.15, 0.2) is 5.76 Å². The van der Waals surface area contributed by atoms with Gasteiger partial charge in [0, 0.05) is 5.56 Å². The lowest BCUT2D eigenvalue weighted by atomic mass is 10.1. The zero-order chi connectivity index (χ0) is 11.8. The average molecular weight is 229 g/mol. The quantitative estimate of drug-likeness (QED) is 0.696. The van der Waals surface area contributed by atoms with Gasteiger partial charge in [0.1, 0.15) is 17.1 Å². The second-order valence-electron chi connectivity index (χ2n) is 3.72. The Hall–Kier alpha value is -2.36. The molecular weight excluding hydrogens is 221 g/mol. The van der Waals surface area contributed by atoms with Gasteiger partial charge in [0.2, 0.25) is 0 Å². The summed E-state index contributed by atoms with van der Waals surface area (Å²) in [6.45, 7) is 0.